The summed E-state index contributed by atoms with van der Waals surface area (Å²) < 4.78 is 42.9. The van der Waals surface area contributed by atoms with Gasteiger partial charge < -0.3 is 10.5 Å². The number of halogens is 3. The van der Waals surface area contributed by atoms with E-state index in [4.69, 9.17) is 5.73 Å². The van der Waals surface area contributed by atoms with Crippen molar-refractivity contribution in [3.8, 4) is 0 Å². The van der Waals surface area contributed by atoms with Crippen LogP contribution in [0.3, 0.4) is 0 Å². The molecule has 17 heavy (non-hydrogen) atoms. The van der Waals surface area contributed by atoms with Gasteiger partial charge in [0.25, 0.3) is 0 Å². The van der Waals surface area contributed by atoms with Crippen LogP contribution in [-0.2, 0) is 9.53 Å². The topological polar surface area (TPSA) is 55.6 Å². The predicted octanol–water partition coefficient (Wildman–Crippen LogP) is 1.15. The summed E-state index contributed by atoms with van der Waals surface area (Å²) in [7, 11) is 1.15. The zero-order chi connectivity index (χ0) is 13.6. The van der Waals surface area contributed by atoms with E-state index < -0.39 is 30.8 Å². The summed E-state index contributed by atoms with van der Waals surface area (Å²) in [6.07, 6.45) is -4.64. The molecule has 1 unspecified atom stereocenters. The highest BCUT2D eigenvalue weighted by atomic mass is 19.4. The van der Waals surface area contributed by atoms with Crippen LogP contribution in [0.4, 0.5) is 13.2 Å². The summed E-state index contributed by atoms with van der Waals surface area (Å²) in [5, 5.41) is 0. The quantitative estimate of drug-likeness (QED) is 0.724. The maximum atomic E-state index is 12.8. The van der Waals surface area contributed by atoms with Crippen LogP contribution in [-0.4, -0.2) is 49.3 Å². The van der Waals surface area contributed by atoms with E-state index in [1.165, 1.54) is 0 Å². The van der Waals surface area contributed by atoms with Gasteiger partial charge in [0.1, 0.15) is 6.04 Å². The van der Waals surface area contributed by atoms with Crippen LogP contribution in [0.1, 0.15) is 20.3 Å². The first-order chi connectivity index (χ1) is 7.73. The van der Waals surface area contributed by atoms with Gasteiger partial charge in [0.05, 0.1) is 13.7 Å². The molecule has 0 amide bonds. The lowest BCUT2D eigenvalue weighted by molar-refractivity contribution is -0.192. The van der Waals surface area contributed by atoms with Crippen molar-refractivity contribution in [1.82, 2.24) is 4.90 Å². The molecule has 0 aliphatic heterocycles. The summed E-state index contributed by atoms with van der Waals surface area (Å²) in [5.74, 6) is -0.690. The Morgan fingerprint density at radius 3 is 2.24 bits per heavy atom. The highest BCUT2D eigenvalue weighted by Crippen LogP contribution is 2.28. The zero-order valence-corrected chi connectivity index (χ0v) is 10.3. The number of methoxy groups -OCH3 is 1. The van der Waals surface area contributed by atoms with Crippen LogP contribution in [0.15, 0.2) is 0 Å². The Balaban J connectivity index is 4.90. The molecule has 0 aromatic rings. The molecule has 0 saturated heterocycles. The van der Waals surface area contributed by atoms with Crippen LogP contribution in [0.2, 0.25) is 0 Å². The molecule has 2 N–H and O–H groups in total. The van der Waals surface area contributed by atoms with Gasteiger partial charge in [0, 0.05) is 6.04 Å². The van der Waals surface area contributed by atoms with E-state index in [1.807, 2.05) is 0 Å². The fourth-order valence-electron chi connectivity index (χ4n) is 1.54. The molecule has 0 heterocycles. The average molecular weight is 256 g/mol. The van der Waals surface area contributed by atoms with E-state index in [0.29, 0.717) is 0 Å². The molecule has 0 aliphatic carbocycles. The second-order valence-corrected chi connectivity index (χ2v) is 3.98. The Hall–Kier alpha value is -0.820. The number of rotatable bonds is 6. The standard InChI is InChI=1S/C10H19F3N2O2/c1-7(2)15(6-9(16)17-3)8(4-5-14)10(11,12)13/h7-8H,4-6,14H2,1-3H3. The number of carbonyl (C=O) groups is 1. The van der Waals surface area contributed by atoms with E-state index in [2.05, 4.69) is 4.74 Å². The number of nitrogens with two attached hydrogens (primary N) is 1. The fourth-order valence-corrected chi connectivity index (χ4v) is 1.54. The van der Waals surface area contributed by atoms with Gasteiger partial charge in [-0.05, 0) is 26.8 Å². The zero-order valence-electron chi connectivity index (χ0n) is 10.3. The lowest BCUT2D eigenvalue weighted by Gasteiger charge is -2.35. The highest BCUT2D eigenvalue weighted by Gasteiger charge is 2.44. The van der Waals surface area contributed by atoms with E-state index in [0.717, 1.165) is 12.0 Å². The van der Waals surface area contributed by atoms with Gasteiger partial charge in [-0.1, -0.05) is 0 Å². The van der Waals surface area contributed by atoms with Crippen LogP contribution in [0.25, 0.3) is 0 Å². The van der Waals surface area contributed by atoms with E-state index in [-0.39, 0.29) is 13.0 Å². The maximum absolute atomic E-state index is 12.8. The molecule has 7 heteroatoms. The van der Waals surface area contributed by atoms with Crippen LogP contribution in [0, 0.1) is 0 Å². The molecule has 0 radical (unpaired) electrons. The van der Waals surface area contributed by atoms with Crippen molar-refractivity contribution >= 4 is 5.97 Å². The van der Waals surface area contributed by atoms with Crippen LogP contribution < -0.4 is 5.73 Å². The van der Waals surface area contributed by atoms with Crippen LogP contribution >= 0.6 is 0 Å². The minimum atomic E-state index is -4.41. The molecule has 0 aliphatic rings. The predicted molar refractivity (Wildman–Crippen MR) is 57.4 cm³/mol. The molecule has 0 aromatic carbocycles. The molecule has 0 saturated carbocycles. The summed E-state index contributed by atoms with van der Waals surface area (Å²) >= 11 is 0. The second kappa shape index (κ2) is 6.80. The summed E-state index contributed by atoms with van der Waals surface area (Å²) in [6, 6.07) is -2.14. The van der Waals surface area contributed by atoms with E-state index >= 15 is 0 Å². The van der Waals surface area contributed by atoms with E-state index in [1.54, 1.807) is 13.8 Å². The number of ether oxygens (including phenoxy) is 1. The van der Waals surface area contributed by atoms with Gasteiger partial charge >= 0.3 is 12.1 Å². The molecule has 0 fully saturated rings. The van der Waals surface area contributed by atoms with Gasteiger partial charge in [-0.2, -0.15) is 13.2 Å². The lowest BCUT2D eigenvalue weighted by atomic mass is 10.1. The average Bonchev–Trinajstić information content (AvgIpc) is 2.20. The molecule has 1 atom stereocenters. The second-order valence-electron chi connectivity index (χ2n) is 3.98. The first-order valence-electron chi connectivity index (χ1n) is 5.33. The first-order valence-corrected chi connectivity index (χ1v) is 5.33. The summed E-state index contributed by atoms with van der Waals surface area (Å²) in [5.41, 5.74) is 5.18. The molecular formula is C10H19F3N2O2. The Morgan fingerprint density at radius 1 is 1.41 bits per heavy atom. The monoisotopic (exact) mass is 256 g/mol. The number of esters is 1. The van der Waals surface area contributed by atoms with Crippen molar-refractivity contribution in [2.75, 3.05) is 20.2 Å². The lowest BCUT2D eigenvalue weighted by Crippen LogP contribution is -2.51. The third-order valence-electron chi connectivity index (χ3n) is 2.42. The van der Waals surface area contributed by atoms with Crippen LogP contribution in [0.5, 0.6) is 0 Å². The SMILES string of the molecule is COC(=O)CN(C(C)C)C(CCN)C(F)(F)F. The van der Waals surface area contributed by atoms with Crippen molar-refractivity contribution in [2.24, 2.45) is 5.73 Å². The number of nitrogens with zero attached hydrogens (tertiary/aromatic N) is 1. The fraction of sp³-hybridized carbons (Fsp3) is 0.900. The van der Waals surface area contributed by atoms with Crippen molar-refractivity contribution in [3.63, 3.8) is 0 Å². The number of hydrogen-bond acceptors (Lipinski definition) is 4. The van der Waals surface area contributed by atoms with Gasteiger partial charge in [0.2, 0.25) is 0 Å². The third kappa shape index (κ3) is 5.36. The number of hydrogen-bond donors (Lipinski definition) is 1. The number of alkyl halides is 3. The van der Waals surface area contributed by atoms with Crippen molar-refractivity contribution in [3.05, 3.63) is 0 Å². The molecule has 0 aromatic heterocycles. The van der Waals surface area contributed by atoms with E-state index in [9.17, 15) is 18.0 Å². The van der Waals surface area contributed by atoms with Crippen molar-refractivity contribution in [2.45, 2.75) is 38.5 Å². The Kier molecular flexibility index (Phi) is 6.48. The summed E-state index contributed by atoms with van der Waals surface area (Å²) in [6.45, 7) is 2.71. The first kappa shape index (κ1) is 16.2. The Labute approximate surface area is 98.9 Å². The molecule has 0 bridgehead atoms. The maximum Gasteiger partial charge on any atom is 0.404 e. The Bertz CT molecular complexity index is 244. The summed E-state index contributed by atoms with van der Waals surface area (Å²) in [4.78, 5) is 12.2. The normalized spacial score (nSPS) is 14.2. The molecular weight excluding hydrogens is 237 g/mol. The smallest absolute Gasteiger partial charge is 0.404 e. The van der Waals surface area contributed by atoms with Gasteiger partial charge in [0.15, 0.2) is 0 Å². The Morgan fingerprint density at radius 2 is 1.94 bits per heavy atom. The minimum absolute atomic E-state index is 0.0887. The van der Waals surface area contributed by atoms with Crippen molar-refractivity contribution in [1.29, 1.82) is 0 Å². The molecule has 102 valence electrons. The highest BCUT2D eigenvalue weighted by molar-refractivity contribution is 5.71. The van der Waals surface area contributed by atoms with Gasteiger partial charge in [-0.25, -0.2) is 0 Å². The van der Waals surface area contributed by atoms with Gasteiger partial charge in [-0.3, -0.25) is 9.69 Å². The molecule has 0 spiro atoms. The minimum Gasteiger partial charge on any atom is -0.468 e. The third-order valence-corrected chi connectivity index (χ3v) is 2.42. The van der Waals surface area contributed by atoms with Gasteiger partial charge in [-0.15, -0.1) is 0 Å². The van der Waals surface area contributed by atoms with Crippen molar-refractivity contribution < 1.29 is 22.7 Å². The molecule has 4 nitrogen and oxygen atoms in total. The largest absolute Gasteiger partial charge is 0.468 e. The molecule has 0 rings (SSSR count). The number of carbonyl (C=O) groups excluding carboxylic acids is 1.